The van der Waals surface area contributed by atoms with Crippen LogP contribution in [0.1, 0.15) is 37.4 Å². The molecule has 0 spiro atoms. The molecule has 4 heterocycles. The average molecular weight is 320 g/mol. The summed E-state index contributed by atoms with van der Waals surface area (Å²) >= 11 is 0. The average Bonchev–Trinajstić information content (AvgIpc) is 3.25. The molecule has 5 N–H and O–H groups in total. The normalized spacial score (nSPS) is 31.2. The first kappa shape index (κ1) is 14.8. The van der Waals surface area contributed by atoms with Gasteiger partial charge in [-0.3, -0.25) is 4.57 Å². The Balaban J connectivity index is 1.73. The van der Waals surface area contributed by atoms with Crippen molar-refractivity contribution in [3.63, 3.8) is 0 Å². The lowest BCUT2D eigenvalue weighted by Crippen LogP contribution is -2.24. The number of fused-ring (bicyclic) bond motifs is 1. The van der Waals surface area contributed by atoms with Gasteiger partial charge in [0.1, 0.15) is 23.7 Å². The summed E-state index contributed by atoms with van der Waals surface area (Å²) in [5.41, 5.74) is 7.15. The Bertz CT molecular complexity index is 714. The fraction of sp³-hybridized carbons (Fsp3) is 0.643. The highest BCUT2D eigenvalue weighted by molar-refractivity contribution is 5.81. The fourth-order valence-electron chi connectivity index (χ4n) is 3.28. The van der Waals surface area contributed by atoms with Gasteiger partial charge in [-0.25, -0.2) is 15.0 Å². The summed E-state index contributed by atoms with van der Waals surface area (Å²) in [6, 6.07) is 0.102. The zero-order valence-corrected chi connectivity index (χ0v) is 12.6. The molecule has 2 fully saturated rings. The van der Waals surface area contributed by atoms with Crippen molar-refractivity contribution in [1.82, 2.24) is 24.8 Å². The van der Waals surface area contributed by atoms with Crippen LogP contribution in [0.3, 0.4) is 0 Å². The largest absolute Gasteiger partial charge is 0.394 e. The molecule has 0 bridgehead atoms. The number of nitrogens with two attached hydrogens (primary N) is 1. The number of rotatable bonds is 3. The number of imidazole rings is 1. The summed E-state index contributed by atoms with van der Waals surface area (Å²) in [4.78, 5) is 13.3. The third-order valence-electron chi connectivity index (χ3n) is 4.53. The van der Waals surface area contributed by atoms with Gasteiger partial charge in [0, 0.05) is 6.42 Å². The van der Waals surface area contributed by atoms with Crippen molar-refractivity contribution in [2.24, 2.45) is 0 Å². The van der Waals surface area contributed by atoms with E-state index in [-0.39, 0.29) is 12.6 Å². The van der Waals surface area contributed by atoms with Gasteiger partial charge in [0.2, 0.25) is 0 Å². The van der Waals surface area contributed by atoms with E-state index in [1.54, 1.807) is 10.9 Å². The number of nitrogens with one attached hydrogen (secondary N) is 1. The van der Waals surface area contributed by atoms with Crippen molar-refractivity contribution in [2.75, 3.05) is 18.9 Å². The molecule has 23 heavy (non-hydrogen) atoms. The number of aliphatic hydroxyl groups is 2. The molecule has 0 unspecified atom stereocenters. The van der Waals surface area contributed by atoms with E-state index in [1.807, 2.05) is 0 Å². The number of hydrogen-bond acceptors (Lipinski definition) is 8. The first-order valence-electron chi connectivity index (χ1n) is 7.85. The molecule has 0 saturated carbocycles. The van der Waals surface area contributed by atoms with Gasteiger partial charge in [0.25, 0.3) is 0 Å². The third kappa shape index (κ3) is 2.45. The van der Waals surface area contributed by atoms with Gasteiger partial charge >= 0.3 is 0 Å². The standard InChI is InChI=1S/C14H20N6O3/c15-12-11-14(19-13(18-12)7-2-1-3-16-7)20(6-17-11)10-4-8(22)9(5-21)23-10/h6-10,16,21-22H,1-5H2,(H2,15,18,19)/t7-,8-,9+,10+/m0/s1. The number of nitrogen functional groups attached to an aromatic ring is 1. The van der Waals surface area contributed by atoms with Gasteiger partial charge in [-0.05, 0) is 19.4 Å². The van der Waals surface area contributed by atoms with E-state index in [0.717, 1.165) is 19.4 Å². The maximum absolute atomic E-state index is 9.93. The van der Waals surface area contributed by atoms with Gasteiger partial charge in [-0.15, -0.1) is 0 Å². The molecule has 2 saturated heterocycles. The van der Waals surface area contributed by atoms with E-state index < -0.39 is 18.4 Å². The second-order valence-electron chi connectivity index (χ2n) is 6.05. The van der Waals surface area contributed by atoms with Gasteiger partial charge < -0.3 is 26.0 Å². The predicted molar refractivity (Wildman–Crippen MR) is 81.3 cm³/mol. The summed E-state index contributed by atoms with van der Waals surface area (Å²) in [5, 5.41) is 22.5. The van der Waals surface area contributed by atoms with Crippen LogP contribution in [0.4, 0.5) is 5.82 Å². The Morgan fingerprint density at radius 1 is 1.43 bits per heavy atom. The first-order valence-corrected chi connectivity index (χ1v) is 7.85. The quantitative estimate of drug-likeness (QED) is 0.594. The van der Waals surface area contributed by atoms with Gasteiger partial charge in [0.05, 0.1) is 25.1 Å². The summed E-state index contributed by atoms with van der Waals surface area (Å²) in [5.74, 6) is 1.00. The molecule has 2 aliphatic heterocycles. The van der Waals surface area contributed by atoms with Crippen LogP contribution in [-0.2, 0) is 4.74 Å². The minimum Gasteiger partial charge on any atom is -0.394 e. The highest BCUT2D eigenvalue weighted by Crippen LogP contribution is 2.32. The number of aromatic nitrogens is 4. The molecule has 4 atom stereocenters. The van der Waals surface area contributed by atoms with Crippen LogP contribution < -0.4 is 11.1 Å². The van der Waals surface area contributed by atoms with E-state index in [0.29, 0.717) is 29.2 Å². The van der Waals surface area contributed by atoms with Gasteiger partial charge in [-0.1, -0.05) is 0 Å². The summed E-state index contributed by atoms with van der Waals surface area (Å²) < 4.78 is 7.44. The first-order chi connectivity index (χ1) is 11.2. The molecule has 0 aliphatic carbocycles. The van der Waals surface area contributed by atoms with Crippen LogP contribution in [0, 0.1) is 0 Å². The van der Waals surface area contributed by atoms with Crippen molar-refractivity contribution >= 4 is 17.0 Å². The molecule has 0 amide bonds. The summed E-state index contributed by atoms with van der Waals surface area (Å²) in [7, 11) is 0. The van der Waals surface area contributed by atoms with E-state index in [9.17, 15) is 10.2 Å². The Morgan fingerprint density at radius 2 is 2.30 bits per heavy atom. The van der Waals surface area contributed by atoms with Crippen LogP contribution in [-0.4, -0.2) is 55.1 Å². The van der Waals surface area contributed by atoms with Crippen molar-refractivity contribution in [3.05, 3.63) is 12.2 Å². The lowest BCUT2D eigenvalue weighted by Gasteiger charge is -2.15. The van der Waals surface area contributed by atoms with Crippen LogP contribution in [0.2, 0.25) is 0 Å². The van der Waals surface area contributed by atoms with Crippen LogP contribution >= 0.6 is 0 Å². The van der Waals surface area contributed by atoms with E-state index in [4.69, 9.17) is 10.5 Å². The number of hydrogen-bond donors (Lipinski definition) is 4. The van der Waals surface area contributed by atoms with Gasteiger partial charge in [-0.2, -0.15) is 0 Å². The van der Waals surface area contributed by atoms with Crippen molar-refractivity contribution < 1.29 is 14.9 Å². The highest BCUT2D eigenvalue weighted by Gasteiger charge is 2.35. The van der Waals surface area contributed by atoms with Crippen LogP contribution in [0.5, 0.6) is 0 Å². The number of ether oxygens (including phenoxy) is 1. The molecule has 0 aromatic carbocycles. The third-order valence-corrected chi connectivity index (χ3v) is 4.53. The molecule has 9 heteroatoms. The van der Waals surface area contributed by atoms with E-state index in [1.165, 1.54) is 0 Å². The molecular formula is C14H20N6O3. The van der Waals surface area contributed by atoms with Crippen LogP contribution in [0.15, 0.2) is 6.33 Å². The Morgan fingerprint density at radius 3 is 3.00 bits per heavy atom. The van der Waals surface area contributed by atoms with Gasteiger partial charge in [0.15, 0.2) is 11.5 Å². The maximum Gasteiger partial charge on any atom is 0.167 e. The second-order valence-corrected chi connectivity index (χ2v) is 6.05. The Labute approximate surface area is 132 Å². The lowest BCUT2D eigenvalue weighted by atomic mass is 10.2. The monoisotopic (exact) mass is 320 g/mol. The van der Waals surface area contributed by atoms with E-state index in [2.05, 4.69) is 20.3 Å². The number of nitrogens with zero attached hydrogens (tertiary/aromatic N) is 4. The summed E-state index contributed by atoms with van der Waals surface area (Å²) in [6.45, 7) is 0.722. The number of aliphatic hydroxyl groups excluding tert-OH is 2. The smallest absolute Gasteiger partial charge is 0.167 e. The molecule has 2 aromatic rings. The Hall–Kier alpha value is -1.81. The zero-order valence-electron chi connectivity index (χ0n) is 12.6. The maximum atomic E-state index is 9.93. The zero-order chi connectivity index (χ0) is 16.0. The van der Waals surface area contributed by atoms with E-state index >= 15 is 0 Å². The molecule has 0 radical (unpaired) electrons. The van der Waals surface area contributed by atoms with Crippen LogP contribution in [0.25, 0.3) is 11.2 Å². The predicted octanol–water partition coefficient (Wildman–Crippen LogP) is -0.526. The number of anilines is 1. The molecule has 2 aliphatic rings. The van der Waals surface area contributed by atoms with Crippen molar-refractivity contribution in [1.29, 1.82) is 0 Å². The molecule has 4 rings (SSSR count). The summed E-state index contributed by atoms with van der Waals surface area (Å²) in [6.07, 6.45) is 2.30. The lowest BCUT2D eigenvalue weighted by molar-refractivity contribution is -0.0432. The highest BCUT2D eigenvalue weighted by atomic mass is 16.5. The topological polar surface area (TPSA) is 131 Å². The Kier molecular flexibility index (Phi) is 3.64. The molecule has 2 aromatic heterocycles. The molecule has 9 nitrogen and oxygen atoms in total. The molecule has 124 valence electrons. The second kappa shape index (κ2) is 5.68. The SMILES string of the molecule is Nc1nc([C@@H]2CCCN2)nc2c1ncn2[C@H]1C[C@H](O)[C@@H](CO)O1. The van der Waals surface area contributed by atoms with Crippen molar-refractivity contribution in [3.8, 4) is 0 Å². The fourth-order valence-corrected chi connectivity index (χ4v) is 3.28. The minimum atomic E-state index is -0.711. The molecular weight excluding hydrogens is 300 g/mol. The van der Waals surface area contributed by atoms with Crippen molar-refractivity contribution in [2.45, 2.75) is 43.7 Å². The minimum absolute atomic E-state index is 0.102.